The van der Waals surface area contributed by atoms with E-state index in [1.54, 1.807) is 16.3 Å². The maximum atomic E-state index is 12.4. The van der Waals surface area contributed by atoms with E-state index in [-0.39, 0.29) is 18.5 Å². The smallest absolute Gasteiger partial charge is 0.273 e. The summed E-state index contributed by atoms with van der Waals surface area (Å²) in [4.78, 5) is 13.6. The number of hydrogen-bond donors (Lipinski definition) is 0. The average molecular weight is 228 g/mol. The molecule has 5 heteroatoms. The summed E-state index contributed by atoms with van der Waals surface area (Å²) in [5, 5.41) is 1.79. The Bertz CT molecular complexity index is 320. The van der Waals surface area contributed by atoms with Crippen LogP contribution in [0.1, 0.15) is 23.3 Å². The molecule has 0 aliphatic carbocycles. The standard InChI is InChI=1S/C10H13FN2OS/c11-7-8-1-4-13(5-2-8)10(14)9-3-6-15-12-9/h3,6,8H,1-2,4-5,7H2. The molecule has 1 aliphatic rings. The van der Waals surface area contributed by atoms with Gasteiger partial charge in [-0.05, 0) is 36.4 Å². The second-order valence-corrected chi connectivity index (χ2v) is 4.44. The first kappa shape index (κ1) is 10.5. The molecule has 0 spiro atoms. The van der Waals surface area contributed by atoms with Gasteiger partial charge in [-0.2, -0.15) is 4.37 Å². The number of piperidine rings is 1. The van der Waals surface area contributed by atoms with Gasteiger partial charge in [0.2, 0.25) is 0 Å². The van der Waals surface area contributed by atoms with Crippen LogP contribution in [0.25, 0.3) is 0 Å². The number of rotatable bonds is 2. The minimum absolute atomic E-state index is 0.0199. The Labute approximate surface area is 92.1 Å². The lowest BCUT2D eigenvalue weighted by atomic mass is 9.98. The molecule has 15 heavy (non-hydrogen) atoms. The Morgan fingerprint density at radius 1 is 1.60 bits per heavy atom. The van der Waals surface area contributed by atoms with Crippen LogP contribution in [0.4, 0.5) is 4.39 Å². The van der Waals surface area contributed by atoms with Crippen molar-refractivity contribution < 1.29 is 9.18 Å². The Kier molecular flexibility index (Phi) is 3.30. The number of carbonyl (C=O) groups excluding carboxylic acids is 1. The van der Waals surface area contributed by atoms with Crippen molar-refractivity contribution in [2.45, 2.75) is 12.8 Å². The highest BCUT2D eigenvalue weighted by molar-refractivity contribution is 7.03. The summed E-state index contributed by atoms with van der Waals surface area (Å²) < 4.78 is 16.4. The second kappa shape index (κ2) is 4.70. The number of halogens is 1. The highest BCUT2D eigenvalue weighted by Crippen LogP contribution is 2.19. The lowest BCUT2D eigenvalue weighted by Crippen LogP contribution is -2.39. The Morgan fingerprint density at radius 2 is 2.33 bits per heavy atom. The molecule has 0 unspecified atom stereocenters. The first-order valence-corrected chi connectivity index (χ1v) is 5.90. The van der Waals surface area contributed by atoms with Crippen LogP contribution >= 0.6 is 11.5 Å². The van der Waals surface area contributed by atoms with Gasteiger partial charge in [0.05, 0.1) is 6.67 Å². The summed E-state index contributed by atoms with van der Waals surface area (Å²) in [6, 6.07) is 1.73. The van der Waals surface area contributed by atoms with Gasteiger partial charge >= 0.3 is 0 Å². The van der Waals surface area contributed by atoms with Gasteiger partial charge < -0.3 is 4.90 Å². The third kappa shape index (κ3) is 2.34. The summed E-state index contributed by atoms with van der Waals surface area (Å²) in [5.74, 6) is 0.123. The number of likely N-dealkylation sites (tertiary alicyclic amines) is 1. The molecule has 0 radical (unpaired) electrons. The molecule has 1 aromatic rings. The first-order chi connectivity index (χ1) is 7.31. The molecule has 1 amide bonds. The van der Waals surface area contributed by atoms with Crippen LogP contribution in [0.15, 0.2) is 11.4 Å². The molecular formula is C10H13FN2OS. The fraction of sp³-hybridized carbons (Fsp3) is 0.600. The number of aromatic nitrogens is 1. The Balaban J connectivity index is 1.93. The number of alkyl halides is 1. The van der Waals surface area contributed by atoms with Gasteiger partial charge in [0, 0.05) is 18.5 Å². The van der Waals surface area contributed by atoms with Crippen LogP contribution in [-0.2, 0) is 0 Å². The number of amides is 1. The largest absolute Gasteiger partial charge is 0.337 e. The number of hydrogen-bond acceptors (Lipinski definition) is 3. The SMILES string of the molecule is O=C(c1ccsn1)N1CCC(CF)CC1. The van der Waals surface area contributed by atoms with Gasteiger partial charge in [-0.1, -0.05) is 0 Å². The van der Waals surface area contributed by atoms with E-state index in [1.165, 1.54) is 11.5 Å². The second-order valence-electron chi connectivity index (χ2n) is 3.77. The highest BCUT2D eigenvalue weighted by Gasteiger charge is 2.24. The van der Waals surface area contributed by atoms with Crippen LogP contribution in [0.2, 0.25) is 0 Å². The van der Waals surface area contributed by atoms with E-state index in [4.69, 9.17) is 0 Å². The molecular weight excluding hydrogens is 215 g/mol. The van der Waals surface area contributed by atoms with Crippen LogP contribution in [-0.4, -0.2) is 34.9 Å². The predicted octanol–water partition coefficient (Wildman–Crippen LogP) is 1.96. The van der Waals surface area contributed by atoms with Crippen LogP contribution < -0.4 is 0 Å². The van der Waals surface area contributed by atoms with Gasteiger partial charge in [-0.25, -0.2) is 0 Å². The molecule has 2 rings (SSSR count). The van der Waals surface area contributed by atoms with Crippen molar-refractivity contribution in [3.05, 3.63) is 17.1 Å². The molecule has 0 N–H and O–H groups in total. The molecule has 0 atom stereocenters. The molecule has 0 bridgehead atoms. The monoisotopic (exact) mass is 228 g/mol. The first-order valence-electron chi connectivity index (χ1n) is 5.07. The number of carbonyl (C=O) groups is 1. The summed E-state index contributed by atoms with van der Waals surface area (Å²) in [6.07, 6.45) is 1.54. The molecule has 0 aromatic carbocycles. The van der Waals surface area contributed by atoms with E-state index >= 15 is 0 Å². The lowest BCUT2D eigenvalue weighted by molar-refractivity contribution is 0.0673. The van der Waals surface area contributed by atoms with Crippen molar-refractivity contribution >= 4 is 17.4 Å². The third-order valence-corrected chi connectivity index (χ3v) is 3.34. The van der Waals surface area contributed by atoms with Crippen molar-refractivity contribution in [2.24, 2.45) is 5.92 Å². The zero-order chi connectivity index (χ0) is 10.7. The maximum Gasteiger partial charge on any atom is 0.273 e. The summed E-state index contributed by atoms with van der Waals surface area (Å²) in [6.45, 7) is 1.05. The van der Waals surface area contributed by atoms with E-state index < -0.39 is 0 Å². The average Bonchev–Trinajstić information content (AvgIpc) is 2.82. The van der Waals surface area contributed by atoms with Crippen molar-refractivity contribution in [2.75, 3.05) is 19.8 Å². The van der Waals surface area contributed by atoms with Crippen LogP contribution in [0.5, 0.6) is 0 Å². The summed E-state index contributed by atoms with van der Waals surface area (Å²) >= 11 is 1.28. The quantitative estimate of drug-likeness (QED) is 0.775. The van der Waals surface area contributed by atoms with Crippen LogP contribution in [0.3, 0.4) is 0 Å². The molecule has 0 saturated carbocycles. The van der Waals surface area contributed by atoms with E-state index in [0.717, 1.165) is 12.8 Å². The summed E-state index contributed by atoms with van der Waals surface area (Å²) in [7, 11) is 0. The van der Waals surface area contributed by atoms with Crippen LogP contribution in [0, 0.1) is 5.92 Å². The van der Waals surface area contributed by atoms with Gasteiger partial charge in [0.25, 0.3) is 5.91 Å². The van der Waals surface area contributed by atoms with Gasteiger partial charge in [-0.3, -0.25) is 9.18 Å². The van der Waals surface area contributed by atoms with E-state index in [9.17, 15) is 9.18 Å². The molecule has 2 heterocycles. The lowest BCUT2D eigenvalue weighted by Gasteiger charge is -2.30. The third-order valence-electron chi connectivity index (χ3n) is 2.78. The molecule has 1 aromatic heterocycles. The van der Waals surface area contributed by atoms with Gasteiger partial charge in [0.1, 0.15) is 5.69 Å². The van der Waals surface area contributed by atoms with Crippen molar-refractivity contribution in [1.29, 1.82) is 0 Å². The molecule has 1 aliphatic heterocycles. The molecule has 3 nitrogen and oxygen atoms in total. The zero-order valence-corrected chi connectivity index (χ0v) is 9.17. The fourth-order valence-corrected chi connectivity index (χ4v) is 2.28. The van der Waals surface area contributed by atoms with E-state index in [0.29, 0.717) is 18.8 Å². The number of nitrogens with zero attached hydrogens (tertiary/aromatic N) is 2. The molecule has 1 saturated heterocycles. The van der Waals surface area contributed by atoms with Crippen molar-refractivity contribution in [1.82, 2.24) is 9.27 Å². The minimum atomic E-state index is -0.265. The highest BCUT2D eigenvalue weighted by atomic mass is 32.1. The zero-order valence-electron chi connectivity index (χ0n) is 8.36. The van der Waals surface area contributed by atoms with E-state index in [1.807, 2.05) is 0 Å². The van der Waals surface area contributed by atoms with Gasteiger partial charge in [-0.15, -0.1) is 0 Å². The van der Waals surface area contributed by atoms with E-state index in [2.05, 4.69) is 4.37 Å². The molecule has 1 fully saturated rings. The fourth-order valence-electron chi connectivity index (χ4n) is 1.78. The van der Waals surface area contributed by atoms with Gasteiger partial charge in [0.15, 0.2) is 0 Å². The predicted molar refractivity (Wildman–Crippen MR) is 56.7 cm³/mol. The topological polar surface area (TPSA) is 33.2 Å². The Hall–Kier alpha value is -0.970. The maximum absolute atomic E-state index is 12.4. The summed E-state index contributed by atoms with van der Waals surface area (Å²) in [5.41, 5.74) is 0.513. The van der Waals surface area contributed by atoms with Crippen molar-refractivity contribution in [3.8, 4) is 0 Å². The normalized spacial score (nSPS) is 18.1. The van der Waals surface area contributed by atoms with Crippen molar-refractivity contribution in [3.63, 3.8) is 0 Å². The minimum Gasteiger partial charge on any atom is -0.337 e. The Morgan fingerprint density at radius 3 is 2.87 bits per heavy atom. The molecule has 82 valence electrons.